The number of hydrogen-bond acceptors (Lipinski definition) is 5. The molecule has 1 fully saturated rings. The number of imide groups is 1. The van der Waals surface area contributed by atoms with Gasteiger partial charge in [0.15, 0.2) is 0 Å². The van der Waals surface area contributed by atoms with Gasteiger partial charge in [0, 0.05) is 24.2 Å². The van der Waals surface area contributed by atoms with Gasteiger partial charge in [0.1, 0.15) is 10.5 Å². The zero-order chi connectivity index (χ0) is 22.2. The monoisotopic (exact) mass is 436 g/mol. The molecule has 1 aliphatic rings. The predicted molar refractivity (Wildman–Crippen MR) is 122 cm³/mol. The molecule has 8 heteroatoms. The van der Waals surface area contributed by atoms with Crippen LogP contribution in [0.4, 0.5) is 10.5 Å². The quantitative estimate of drug-likeness (QED) is 0.563. The molecule has 0 atom stereocenters. The molecule has 0 radical (unpaired) electrons. The van der Waals surface area contributed by atoms with Crippen molar-refractivity contribution in [3.8, 4) is 10.6 Å². The first-order valence-electron chi connectivity index (χ1n) is 10.1. The van der Waals surface area contributed by atoms with Crippen molar-refractivity contribution in [1.82, 2.24) is 15.2 Å². The number of thiazole rings is 1. The van der Waals surface area contributed by atoms with E-state index in [4.69, 9.17) is 0 Å². The maximum atomic E-state index is 12.3. The van der Waals surface area contributed by atoms with Crippen LogP contribution in [0.5, 0.6) is 0 Å². The van der Waals surface area contributed by atoms with Gasteiger partial charge in [0.05, 0.1) is 10.2 Å². The summed E-state index contributed by atoms with van der Waals surface area (Å²) in [5.41, 5.74) is 3.00. The number of benzene rings is 2. The van der Waals surface area contributed by atoms with Gasteiger partial charge in [-0.3, -0.25) is 14.5 Å². The molecule has 0 spiro atoms. The summed E-state index contributed by atoms with van der Waals surface area (Å²) in [6, 6.07) is 13.4. The van der Waals surface area contributed by atoms with Crippen molar-refractivity contribution in [2.75, 3.05) is 11.9 Å². The third-order valence-corrected chi connectivity index (χ3v) is 6.26. The largest absolute Gasteiger partial charge is 0.326 e. The summed E-state index contributed by atoms with van der Waals surface area (Å²) in [5, 5.41) is 6.43. The first-order chi connectivity index (χ1) is 14.7. The minimum Gasteiger partial charge on any atom is -0.326 e. The van der Waals surface area contributed by atoms with Crippen molar-refractivity contribution < 1.29 is 14.4 Å². The molecule has 0 saturated carbocycles. The van der Waals surface area contributed by atoms with E-state index in [1.807, 2.05) is 30.3 Å². The number of carbonyl (C=O) groups excluding carboxylic acids is 3. The van der Waals surface area contributed by atoms with Crippen LogP contribution in [-0.4, -0.2) is 39.8 Å². The van der Waals surface area contributed by atoms with Crippen molar-refractivity contribution in [3.63, 3.8) is 0 Å². The van der Waals surface area contributed by atoms with Crippen LogP contribution in [0.1, 0.15) is 32.3 Å². The van der Waals surface area contributed by atoms with Crippen LogP contribution in [0.2, 0.25) is 0 Å². The number of amides is 4. The Morgan fingerprint density at radius 3 is 2.58 bits per heavy atom. The lowest BCUT2D eigenvalue weighted by molar-refractivity contribution is -0.130. The van der Waals surface area contributed by atoms with E-state index in [1.165, 1.54) is 10.5 Å². The highest BCUT2D eigenvalue weighted by Crippen LogP contribution is 2.31. The molecule has 1 saturated heterocycles. The number of nitrogens with one attached hydrogen (secondary N) is 2. The molecule has 4 rings (SSSR count). The third-order valence-electron chi connectivity index (χ3n) is 5.19. The fourth-order valence-corrected chi connectivity index (χ4v) is 4.56. The SMILES string of the molecule is Cc1ccc2nc(-c3ccc(NC(=O)CCCN4C(=O)NC(C)(C)C4=O)cc3)sc2c1. The van der Waals surface area contributed by atoms with E-state index in [9.17, 15) is 14.4 Å². The maximum absolute atomic E-state index is 12.3. The zero-order valence-corrected chi connectivity index (χ0v) is 18.5. The Hall–Kier alpha value is -3.26. The molecule has 160 valence electrons. The van der Waals surface area contributed by atoms with Crippen LogP contribution < -0.4 is 10.6 Å². The van der Waals surface area contributed by atoms with Gasteiger partial charge in [0.2, 0.25) is 5.91 Å². The molecule has 7 nitrogen and oxygen atoms in total. The molecular formula is C23H24N4O3S. The van der Waals surface area contributed by atoms with E-state index >= 15 is 0 Å². The molecule has 2 aromatic carbocycles. The summed E-state index contributed by atoms with van der Waals surface area (Å²) >= 11 is 1.64. The van der Waals surface area contributed by atoms with Crippen LogP contribution in [0, 0.1) is 6.92 Å². The van der Waals surface area contributed by atoms with Crippen molar-refractivity contribution >= 4 is 45.1 Å². The number of aromatic nitrogens is 1. The Morgan fingerprint density at radius 1 is 1.16 bits per heavy atom. The molecule has 0 unspecified atom stereocenters. The Morgan fingerprint density at radius 2 is 1.90 bits per heavy atom. The Labute approximate surface area is 184 Å². The normalized spacial score (nSPS) is 15.4. The molecule has 1 aliphatic heterocycles. The fraction of sp³-hybridized carbons (Fsp3) is 0.304. The average molecular weight is 437 g/mol. The Balaban J connectivity index is 1.32. The van der Waals surface area contributed by atoms with E-state index in [0.717, 1.165) is 20.8 Å². The second kappa shape index (κ2) is 8.11. The van der Waals surface area contributed by atoms with Crippen molar-refractivity contribution in [2.45, 2.75) is 39.2 Å². The van der Waals surface area contributed by atoms with Crippen LogP contribution in [0.25, 0.3) is 20.8 Å². The minimum absolute atomic E-state index is 0.158. The molecule has 0 aliphatic carbocycles. The number of fused-ring (bicyclic) bond motifs is 1. The number of hydrogen-bond donors (Lipinski definition) is 2. The molecule has 31 heavy (non-hydrogen) atoms. The van der Waals surface area contributed by atoms with Crippen LogP contribution in [0.3, 0.4) is 0 Å². The zero-order valence-electron chi connectivity index (χ0n) is 17.7. The Bertz CT molecular complexity index is 1170. The van der Waals surface area contributed by atoms with Gasteiger partial charge in [-0.05, 0) is 69.2 Å². The topological polar surface area (TPSA) is 91.4 Å². The molecule has 2 heterocycles. The summed E-state index contributed by atoms with van der Waals surface area (Å²) in [7, 11) is 0. The molecule has 3 aromatic rings. The summed E-state index contributed by atoms with van der Waals surface area (Å²) in [6.07, 6.45) is 0.626. The Kier molecular flexibility index (Phi) is 5.49. The van der Waals surface area contributed by atoms with Gasteiger partial charge < -0.3 is 10.6 Å². The minimum atomic E-state index is -0.886. The molecule has 2 N–H and O–H groups in total. The summed E-state index contributed by atoms with van der Waals surface area (Å²) in [4.78, 5) is 42.1. The first kappa shape index (κ1) is 21.0. The summed E-state index contributed by atoms with van der Waals surface area (Å²) < 4.78 is 1.15. The van der Waals surface area contributed by atoms with Gasteiger partial charge in [-0.15, -0.1) is 11.3 Å². The van der Waals surface area contributed by atoms with Gasteiger partial charge in [-0.1, -0.05) is 6.07 Å². The summed E-state index contributed by atoms with van der Waals surface area (Å²) in [5.74, 6) is -0.423. The first-order valence-corrected chi connectivity index (χ1v) is 11.0. The van der Waals surface area contributed by atoms with E-state index in [0.29, 0.717) is 12.1 Å². The standard InChI is InChI=1S/C23H24N4O3S/c1-14-6-11-17-18(13-14)31-20(25-17)15-7-9-16(10-8-15)24-19(28)5-4-12-27-21(29)23(2,3)26-22(27)30/h6-11,13H,4-5,12H2,1-3H3,(H,24,28)(H,26,30). The second-order valence-corrected chi connectivity index (χ2v) is 9.26. The maximum Gasteiger partial charge on any atom is 0.325 e. The van der Waals surface area contributed by atoms with Crippen molar-refractivity contribution in [3.05, 3.63) is 48.0 Å². The van der Waals surface area contributed by atoms with Gasteiger partial charge in [0.25, 0.3) is 5.91 Å². The van der Waals surface area contributed by atoms with E-state index < -0.39 is 11.6 Å². The number of urea groups is 1. The number of carbonyl (C=O) groups is 3. The van der Waals surface area contributed by atoms with E-state index in [1.54, 1.807) is 25.2 Å². The lowest BCUT2D eigenvalue weighted by atomic mass is 10.1. The lowest BCUT2D eigenvalue weighted by Gasteiger charge is -2.15. The lowest BCUT2D eigenvalue weighted by Crippen LogP contribution is -2.40. The molecule has 0 bridgehead atoms. The summed E-state index contributed by atoms with van der Waals surface area (Å²) in [6.45, 7) is 5.62. The second-order valence-electron chi connectivity index (χ2n) is 8.23. The third kappa shape index (κ3) is 4.44. The molecule has 1 aromatic heterocycles. The average Bonchev–Trinajstić information content (AvgIpc) is 3.21. The number of anilines is 1. The van der Waals surface area contributed by atoms with Crippen molar-refractivity contribution in [1.29, 1.82) is 0 Å². The van der Waals surface area contributed by atoms with Gasteiger partial charge >= 0.3 is 6.03 Å². The highest BCUT2D eigenvalue weighted by atomic mass is 32.1. The number of aryl methyl sites for hydroxylation is 1. The van der Waals surface area contributed by atoms with Crippen LogP contribution >= 0.6 is 11.3 Å². The highest BCUT2D eigenvalue weighted by Gasteiger charge is 2.43. The molecular weight excluding hydrogens is 412 g/mol. The number of nitrogens with zero attached hydrogens (tertiary/aromatic N) is 2. The molecule has 4 amide bonds. The highest BCUT2D eigenvalue weighted by molar-refractivity contribution is 7.21. The van der Waals surface area contributed by atoms with Crippen LogP contribution in [-0.2, 0) is 9.59 Å². The number of rotatable bonds is 6. The van der Waals surface area contributed by atoms with Gasteiger partial charge in [-0.25, -0.2) is 9.78 Å². The predicted octanol–water partition coefficient (Wildman–Crippen LogP) is 4.32. The smallest absolute Gasteiger partial charge is 0.325 e. The van der Waals surface area contributed by atoms with Gasteiger partial charge in [-0.2, -0.15) is 0 Å². The van der Waals surface area contributed by atoms with Crippen LogP contribution in [0.15, 0.2) is 42.5 Å². The van der Waals surface area contributed by atoms with E-state index in [-0.39, 0.29) is 24.8 Å². The fourth-order valence-electron chi connectivity index (χ4n) is 3.49. The van der Waals surface area contributed by atoms with E-state index in [2.05, 4.69) is 34.7 Å². The van der Waals surface area contributed by atoms with Crippen molar-refractivity contribution in [2.24, 2.45) is 0 Å².